The van der Waals surface area contributed by atoms with E-state index in [1.807, 2.05) is 11.7 Å². The summed E-state index contributed by atoms with van der Waals surface area (Å²) in [5, 5.41) is 7.25. The first-order chi connectivity index (χ1) is 9.65. The maximum absolute atomic E-state index is 11.9. The van der Waals surface area contributed by atoms with E-state index in [2.05, 4.69) is 26.3 Å². The molecular formula is C13H14BrN3O3. The van der Waals surface area contributed by atoms with Gasteiger partial charge in [-0.15, -0.1) is 0 Å². The van der Waals surface area contributed by atoms with E-state index in [0.29, 0.717) is 17.8 Å². The predicted molar refractivity (Wildman–Crippen MR) is 74.1 cm³/mol. The fourth-order valence-corrected chi connectivity index (χ4v) is 2.62. The summed E-state index contributed by atoms with van der Waals surface area (Å²) in [6, 6.07) is 3.31. The van der Waals surface area contributed by atoms with E-state index in [1.54, 1.807) is 12.1 Å². The van der Waals surface area contributed by atoms with Gasteiger partial charge in [-0.2, -0.15) is 5.10 Å². The second-order valence-electron chi connectivity index (χ2n) is 4.58. The van der Waals surface area contributed by atoms with Gasteiger partial charge in [0.05, 0.1) is 25.5 Å². The summed E-state index contributed by atoms with van der Waals surface area (Å²) < 4.78 is 13.1. The van der Waals surface area contributed by atoms with Gasteiger partial charge < -0.3 is 14.5 Å². The molecule has 1 N–H and O–H groups in total. The number of carbonyl (C=O) groups excluding carboxylic acids is 1. The topological polar surface area (TPSA) is 69.3 Å². The molecule has 0 bridgehead atoms. The molecule has 0 saturated heterocycles. The highest BCUT2D eigenvalue weighted by molar-refractivity contribution is 9.10. The lowest BCUT2D eigenvalue weighted by Crippen LogP contribution is -2.23. The number of carbonyl (C=O) groups is 1. The maximum atomic E-state index is 11.9. The van der Waals surface area contributed by atoms with Gasteiger partial charge in [-0.1, -0.05) is 0 Å². The molecule has 1 amide bonds. The van der Waals surface area contributed by atoms with Crippen LogP contribution in [0.4, 0.5) is 0 Å². The number of nitrogens with one attached hydrogen (secondary N) is 1. The molecule has 3 heterocycles. The lowest BCUT2D eigenvalue weighted by Gasteiger charge is -2.13. The molecule has 3 rings (SSSR count). The van der Waals surface area contributed by atoms with Crippen molar-refractivity contribution in [3.05, 3.63) is 39.5 Å². The van der Waals surface area contributed by atoms with Gasteiger partial charge in [-0.3, -0.25) is 9.48 Å². The van der Waals surface area contributed by atoms with Crippen molar-refractivity contribution in [2.24, 2.45) is 7.05 Å². The highest BCUT2D eigenvalue weighted by Gasteiger charge is 2.20. The van der Waals surface area contributed by atoms with Crippen molar-refractivity contribution in [1.82, 2.24) is 15.1 Å². The number of ether oxygens (including phenoxy) is 1. The molecule has 1 aliphatic rings. The Kier molecular flexibility index (Phi) is 3.62. The van der Waals surface area contributed by atoms with Crippen molar-refractivity contribution in [1.29, 1.82) is 0 Å². The predicted octanol–water partition coefficient (Wildman–Crippen LogP) is 1.78. The molecule has 20 heavy (non-hydrogen) atoms. The molecule has 0 atom stereocenters. The molecule has 0 aliphatic carbocycles. The van der Waals surface area contributed by atoms with Gasteiger partial charge in [0.1, 0.15) is 0 Å². The summed E-state index contributed by atoms with van der Waals surface area (Å²) in [5.41, 5.74) is 3.11. The normalized spacial score (nSPS) is 14.1. The number of halogens is 1. The van der Waals surface area contributed by atoms with Crippen LogP contribution in [0.15, 0.2) is 21.2 Å². The highest BCUT2D eigenvalue weighted by atomic mass is 79.9. The molecule has 0 aromatic carbocycles. The van der Waals surface area contributed by atoms with E-state index in [0.717, 1.165) is 24.3 Å². The van der Waals surface area contributed by atoms with Crippen LogP contribution in [0.5, 0.6) is 0 Å². The second-order valence-corrected chi connectivity index (χ2v) is 5.37. The summed E-state index contributed by atoms with van der Waals surface area (Å²) in [7, 11) is 1.92. The van der Waals surface area contributed by atoms with Crippen LogP contribution in [-0.4, -0.2) is 22.3 Å². The molecule has 0 radical (unpaired) electrons. The van der Waals surface area contributed by atoms with Crippen molar-refractivity contribution < 1.29 is 13.9 Å². The van der Waals surface area contributed by atoms with Gasteiger partial charge in [0.2, 0.25) is 0 Å². The van der Waals surface area contributed by atoms with Crippen molar-refractivity contribution >= 4 is 21.8 Å². The zero-order valence-electron chi connectivity index (χ0n) is 11.0. The Labute approximate surface area is 124 Å². The monoisotopic (exact) mass is 339 g/mol. The molecule has 0 saturated carbocycles. The average Bonchev–Trinajstić information content (AvgIpc) is 3.01. The van der Waals surface area contributed by atoms with Gasteiger partial charge in [0.15, 0.2) is 10.4 Å². The SMILES string of the molecule is Cn1nc(CNC(=O)c2ccc(Br)o2)c2c1CCOC2. The van der Waals surface area contributed by atoms with Crippen molar-refractivity contribution in [2.45, 2.75) is 19.6 Å². The van der Waals surface area contributed by atoms with Gasteiger partial charge in [-0.05, 0) is 28.1 Å². The molecule has 0 spiro atoms. The van der Waals surface area contributed by atoms with Crippen LogP contribution in [0.3, 0.4) is 0 Å². The zero-order valence-corrected chi connectivity index (χ0v) is 12.6. The average molecular weight is 340 g/mol. The largest absolute Gasteiger partial charge is 0.444 e. The zero-order chi connectivity index (χ0) is 14.1. The summed E-state index contributed by atoms with van der Waals surface area (Å²) in [6.07, 6.45) is 0.859. The Morgan fingerprint density at radius 2 is 2.40 bits per heavy atom. The molecular weight excluding hydrogens is 326 g/mol. The van der Waals surface area contributed by atoms with Crippen LogP contribution in [0.1, 0.15) is 27.5 Å². The Bertz CT molecular complexity index is 647. The Balaban J connectivity index is 1.71. The van der Waals surface area contributed by atoms with Crippen LogP contribution < -0.4 is 5.32 Å². The third-order valence-electron chi connectivity index (χ3n) is 3.30. The Morgan fingerprint density at radius 3 is 3.15 bits per heavy atom. The van der Waals surface area contributed by atoms with Crippen LogP contribution >= 0.6 is 15.9 Å². The number of hydrogen-bond acceptors (Lipinski definition) is 4. The fraction of sp³-hybridized carbons (Fsp3) is 0.385. The van der Waals surface area contributed by atoms with Crippen LogP contribution in [0, 0.1) is 0 Å². The van der Waals surface area contributed by atoms with Crippen molar-refractivity contribution in [2.75, 3.05) is 6.61 Å². The number of nitrogens with zero attached hydrogens (tertiary/aromatic N) is 2. The number of amides is 1. The summed E-state index contributed by atoms with van der Waals surface area (Å²) in [5.74, 6) is 0.0183. The van der Waals surface area contributed by atoms with Crippen molar-refractivity contribution in [3.63, 3.8) is 0 Å². The number of aryl methyl sites for hydroxylation is 1. The fourth-order valence-electron chi connectivity index (χ4n) is 2.32. The van der Waals surface area contributed by atoms with E-state index in [4.69, 9.17) is 9.15 Å². The van der Waals surface area contributed by atoms with E-state index < -0.39 is 0 Å². The second kappa shape index (κ2) is 5.41. The number of fused-ring (bicyclic) bond motifs is 1. The first-order valence-electron chi connectivity index (χ1n) is 6.30. The number of aromatic nitrogens is 2. The Morgan fingerprint density at radius 1 is 1.55 bits per heavy atom. The summed E-state index contributed by atoms with van der Waals surface area (Å²) >= 11 is 3.17. The van der Waals surface area contributed by atoms with Crippen LogP contribution in [-0.2, 0) is 31.4 Å². The molecule has 1 aliphatic heterocycles. The minimum Gasteiger partial charge on any atom is -0.444 e. The molecule has 2 aromatic rings. The van der Waals surface area contributed by atoms with Gasteiger partial charge in [0.25, 0.3) is 5.91 Å². The van der Waals surface area contributed by atoms with Gasteiger partial charge >= 0.3 is 0 Å². The third kappa shape index (κ3) is 2.51. The Hall–Kier alpha value is -1.60. The van der Waals surface area contributed by atoms with E-state index in [1.165, 1.54) is 5.69 Å². The number of rotatable bonds is 3. The van der Waals surface area contributed by atoms with E-state index in [-0.39, 0.29) is 11.7 Å². The highest BCUT2D eigenvalue weighted by Crippen LogP contribution is 2.20. The van der Waals surface area contributed by atoms with Crippen LogP contribution in [0.2, 0.25) is 0 Å². The lowest BCUT2D eigenvalue weighted by molar-refractivity contribution is 0.0919. The van der Waals surface area contributed by atoms with Crippen LogP contribution in [0.25, 0.3) is 0 Å². The molecule has 0 unspecified atom stereocenters. The molecule has 7 heteroatoms. The van der Waals surface area contributed by atoms with E-state index in [9.17, 15) is 4.79 Å². The van der Waals surface area contributed by atoms with Crippen molar-refractivity contribution in [3.8, 4) is 0 Å². The maximum Gasteiger partial charge on any atom is 0.287 e. The molecule has 6 nitrogen and oxygen atoms in total. The third-order valence-corrected chi connectivity index (χ3v) is 3.73. The standard InChI is InChI=1S/C13H14BrN3O3/c1-17-10-4-5-19-7-8(10)9(16-17)6-15-13(18)11-2-3-12(14)20-11/h2-3H,4-7H2,1H3,(H,15,18). The minimum absolute atomic E-state index is 0.258. The smallest absolute Gasteiger partial charge is 0.287 e. The van der Waals surface area contributed by atoms with Gasteiger partial charge in [0, 0.05) is 24.7 Å². The lowest BCUT2D eigenvalue weighted by atomic mass is 10.1. The first-order valence-corrected chi connectivity index (χ1v) is 7.09. The minimum atomic E-state index is -0.258. The number of hydrogen-bond donors (Lipinski definition) is 1. The first kappa shape index (κ1) is 13.4. The van der Waals surface area contributed by atoms with Gasteiger partial charge in [-0.25, -0.2) is 0 Å². The molecule has 2 aromatic heterocycles. The summed E-state index contributed by atoms with van der Waals surface area (Å²) in [4.78, 5) is 11.9. The number of furan rings is 1. The quantitative estimate of drug-likeness (QED) is 0.925. The van der Waals surface area contributed by atoms with E-state index >= 15 is 0 Å². The molecule has 106 valence electrons. The summed E-state index contributed by atoms with van der Waals surface area (Å²) in [6.45, 7) is 1.64. The molecule has 0 fully saturated rings.